The zero-order valence-corrected chi connectivity index (χ0v) is 53.1. The molecule has 5 heterocycles. The third kappa shape index (κ3) is 9.09. The number of nitrogens with zero attached hydrogens (tertiary/aromatic N) is 8. The molecule has 0 radical (unpaired) electrons. The number of anilines is 4. The molecular weight excluding hydrogens is 1270 g/mol. The number of hydrogen-bond acceptors (Lipinski definition) is 22. The van der Waals surface area contributed by atoms with Crippen LogP contribution in [0.5, 0.6) is 0 Å². The van der Waals surface area contributed by atoms with Crippen molar-refractivity contribution in [2.45, 2.75) is 39.2 Å². The van der Waals surface area contributed by atoms with E-state index in [1.54, 1.807) is 72.8 Å². The lowest BCUT2D eigenvalue weighted by atomic mass is 10.2. The molecule has 9 aliphatic rings. The highest BCUT2D eigenvalue weighted by Gasteiger charge is 2.39. The first-order valence-electron chi connectivity index (χ1n) is 24.9. The summed E-state index contributed by atoms with van der Waals surface area (Å²) < 4.78 is 96.5. The van der Waals surface area contributed by atoms with Gasteiger partial charge in [-0.25, -0.2) is 45.2 Å². The Labute approximate surface area is 506 Å². The fourth-order valence-corrected chi connectivity index (χ4v) is 24.7. The third-order valence-electron chi connectivity index (χ3n) is 13.9. The summed E-state index contributed by atoms with van der Waals surface area (Å²) in [6.45, 7) is 0. The maximum atomic E-state index is 15.8. The Morgan fingerprint density at radius 3 is 0.702 bits per heavy atom. The summed E-state index contributed by atoms with van der Waals surface area (Å²) in [7, 11) is -3.54. The second-order valence-corrected chi connectivity index (χ2v) is 34.2. The van der Waals surface area contributed by atoms with E-state index in [1.807, 2.05) is 76.0 Å². The van der Waals surface area contributed by atoms with Crippen molar-refractivity contribution in [1.82, 2.24) is 19.9 Å². The normalized spacial score (nSPS) is 18.2. The van der Waals surface area contributed by atoms with E-state index in [-0.39, 0.29) is 42.3 Å². The predicted octanol–water partition coefficient (Wildman–Crippen LogP) is 8.56. The molecule has 0 spiro atoms. The lowest BCUT2D eigenvalue weighted by Crippen LogP contribution is -2.28. The fraction of sp³-hybridized carbons (Fsp3) is 0.143. The van der Waals surface area contributed by atoms with Gasteiger partial charge < -0.3 is 19.6 Å². The van der Waals surface area contributed by atoms with Crippen LogP contribution < -0.4 is 41.3 Å². The van der Waals surface area contributed by atoms with Crippen LogP contribution >= 0.6 is 45.3 Å². The first-order valence-corrected chi connectivity index (χ1v) is 36.1. The minimum Gasteiger partial charge on any atom is -0.378 e. The Morgan fingerprint density at radius 1 is 0.310 bits per heavy atom. The van der Waals surface area contributed by atoms with E-state index in [9.17, 15) is 0 Å². The highest BCUT2D eigenvalue weighted by atomic mass is 33.1. The molecule has 28 heteroatoms. The van der Waals surface area contributed by atoms with Crippen molar-refractivity contribution >= 4 is 170 Å². The number of fused-ring (bicyclic) bond motifs is 20. The van der Waals surface area contributed by atoms with Gasteiger partial charge in [0.2, 0.25) is 21.7 Å². The van der Waals surface area contributed by atoms with Gasteiger partial charge in [0.1, 0.15) is 19.6 Å². The molecule has 84 heavy (non-hydrogen) atoms. The average Bonchev–Trinajstić information content (AvgIpc) is 0.959. The summed E-state index contributed by atoms with van der Waals surface area (Å²) >= 11 is 3.92. The molecule has 8 bridgehead atoms. The number of aromatic nitrogens is 4. The third-order valence-corrected chi connectivity index (χ3v) is 29.0. The van der Waals surface area contributed by atoms with Gasteiger partial charge in [-0.1, -0.05) is 0 Å². The van der Waals surface area contributed by atoms with Gasteiger partial charge in [-0.3, -0.25) is 19.2 Å². The number of benzene rings is 8. The molecule has 0 fully saturated rings. The van der Waals surface area contributed by atoms with Crippen molar-refractivity contribution in [2.75, 3.05) is 76.0 Å². The monoisotopic (exact) mass is 1300 g/mol. The zero-order chi connectivity index (χ0) is 59.2. The maximum Gasteiger partial charge on any atom is 0.213 e. The summed E-state index contributed by atoms with van der Waals surface area (Å²) in [5.74, 6) is 0. The van der Waals surface area contributed by atoms with Crippen LogP contribution in [0.1, 0.15) is 0 Å². The van der Waals surface area contributed by atoms with Gasteiger partial charge in [0.15, 0.2) is 39.3 Å². The van der Waals surface area contributed by atoms with Crippen LogP contribution in [-0.4, -0.2) is 102 Å². The van der Waals surface area contributed by atoms with Crippen LogP contribution in [0, 0.1) is 0 Å². The number of hydrogen-bond donors (Lipinski definition) is 0. The lowest BCUT2D eigenvalue weighted by molar-refractivity contribution is 0.673. The molecule has 5 aliphatic heterocycles. The Balaban J connectivity index is 1.18. The second-order valence-electron chi connectivity index (χ2n) is 20.0. The van der Waals surface area contributed by atoms with Crippen LogP contribution in [0.4, 0.5) is 22.7 Å². The highest BCUT2D eigenvalue weighted by Crippen LogP contribution is 2.44. The average molecular weight is 1310 g/mol. The van der Waals surface area contributed by atoms with E-state index >= 15 is 44.4 Å². The van der Waals surface area contributed by atoms with Crippen LogP contribution in [-0.2, 0) is 60.9 Å². The first-order chi connectivity index (χ1) is 40.1. The molecule has 4 aromatic rings. The van der Waals surface area contributed by atoms with Crippen LogP contribution in [0.3, 0.4) is 0 Å². The van der Waals surface area contributed by atoms with E-state index in [0.29, 0.717) is 40.9 Å². The van der Waals surface area contributed by atoms with Gasteiger partial charge in [0.25, 0.3) is 0 Å². The maximum absolute atomic E-state index is 15.8. The molecule has 4 aliphatic carbocycles. The fourth-order valence-electron chi connectivity index (χ4n) is 9.55. The second kappa shape index (κ2) is 21.0. The first kappa shape index (κ1) is 56.3. The Morgan fingerprint density at radius 2 is 0.512 bits per heavy atom. The van der Waals surface area contributed by atoms with Crippen molar-refractivity contribution in [3.05, 3.63) is 138 Å². The molecule has 0 aromatic heterocycles. The number of rotatable bonds is 4. The van der Waals surface area contributed by atoms with Crippen LogP contribution in [0.2, 0.25) is 0 Å². The van der Waals surface area contributed by atoms with Crippen LogP contribution in [0.15, 0.2) is 155 Å². The minimum absolute atomic E-state index is 0.0360. The molecule has 0 N–H and O–H groups in total. The van der Waals surface area contributed by atoms with Gasteiger partial charge in [0.05, 0.1) is 124 Å². The topological polar surface area (TPSA) is 235 Å². The molecule has 4 unspecified atom stereocenters. The standard InChI is InChI=1S/C56H40N8O10S10/c1-61(2)25-9-13-29-37(17-25)75-49-33(57-29)21-41-45(65)53(49)81(71)82(72)54-46(66)43(23-34-50(54)76-38-18-26(62(3)4)10-14-30(38)58-34)80(70)44-24-36-52(78-40-20-28(64(7)8)12-16-32(40)60-36)56(48(44)68)84(74)83(73)55-47(67)42(79(41)69)22-35-51(55)77-39-19-27(63(5)6)11-15-31(39)59-35/h9-24H,1-8H3. The van der Waals surface area contributed by atoms with Crippen molar-refractivity contribution in [3.63, 3.8) is 0 Å². The molecule has 0 amide bonds. The SMILES string of the molecule is CN(C)c1ccc2nc3cc4c(=O)c(c-3sc2c1)S(=O)S(=O)c1c2sc3cc(N(C)C)ccc3nc-2cc(c1=O)S(=O)c1cc2nc3ccc(N(C)C)cc3sc-2c(c1=O)S(=O)S(=O)c1c2sc3cc(N(C)C)ccc3nc-2cc(c1=O)S4=O. The van der Waals surface area contributed by atoms with Gasteiger partial charge in [-0.2, -0.15) is 0 Å². The van der Waals surface area contributed by atoms with Gasteiger partial charge in [-0.05, 0) is 97.1 Å². The van der Waals surface area contributed by atoms with Crippen molar-refractivity contribution in [2.24, 2.45) is 0 Å². The smallest absolute Gasteiger partial charge is 0.213 e. The zero-order valence-electron chi connectivity index (χ0n) is 45.0. The van der Waals surface area contributed by atoms with Crippen molar-refractivity contribution in [3.8, 4) is 42.3 Å². The van der Waals surface area contributed by atoms with Gasteiger partial charge in [-0.15, -0.1) is 45.3 Å². The van der Waals surface area contributed by atoms with E-state index in [0.717, 1.165) is 68.1 Å². The van der Waals surface area contributed by atoms with Gasteiger partial charge in [0, 0.05) is 79.1 Å². The van der Waals surface area contributed by atoms with Gasteiger partial charge >= 0.3 is 0 Å². The Kier molecular flexibility index (Phi) is 14.1. The largest absolute Gasteiger partial charge is 0.378 e. The molecule has 4 aromatic carbocycles. The summed E-state index contributed by atoms with van der Waals surface area (Å²) in [4.78, 5) is 83.5. The van der Waals surface area contributed by atoms with E-state index in [1.165, 1.54) is 24.3 Å². The molecule has 18 nitrogen and oxygen atoms in total. The van der Waals surface area contributed by atoms with Crippen LogP contribution in [0.25, 0.3) is 83.2 Å². The lowest BCUT2D eigenvalue weighted by Gasteiger charge is -2.18. The Hall–Kier alpha value is -6.86. The Bertz CT molecular complexity index is 4560. The summed E-state index contributed by atoms with van der Waals surface area (Å²) in [5, 5.41) is 0. The highest BCUT2D eigenvalue weighted by molar-refractivity contribution is 8.61. The molecule has 0 saturated heterocycles. The quantitative estimate of drug-likeness (QED) is 0.118. The van der Waals surface area contributed by atoms with E-state index in [2.05, 4.69) is 0 Å². The predicted molar refractivity (Wildman–Crippen MR) is 342 cm³/mol. The molecule has 0 saturated carbocycles. The van der Waals surface area contributed by atoms with E-state index < -0.39 is 122 Å². The molecule has 424 valence electrons. The molecule has 13 rings (SSSR count). The summed E-state index contributed by atoms with van der Waals surface area (Å²) in [6, 6.07) is 25.9. The summed E-state index contributed by atoms with van der Waals surface area (Å²) in [6.07, 6.45) is 0. The molecule has 4 atom stereocenters. The van der Waals surface area contributed by atoms with Crippen molar-refractivity contribution < 1.29 is 25.3 Å². The van der Waals surface area contributed by atoms with E-state index in [4.69, 9.17) is 19.9 Å². The molecular formula is C56H40N8O10S10. The minimum atomic E-state index is -3.08. The van der Waals surface area contributed by atoms with Crippen molar-refractivity contribution in [1.29, 1.82) is 0 Å². The summed E-state index contributed by atoms with van der Waals surface area (Å²) in [5.41, 5.74) is -0.290.